The van der Waals surface area contributed by atoms with Crippen molar-refractivity contribution in [3.63, 3.8) is 0 Å². The molecule has 0 atom stereocenters. The number of guanidine groups is 2. The predicted molar refractivity (Wildman–Crippen MR) is 208 cm³/mol. The number of allylic oxidation sites excluding steroid dienone is 1. The minimum Gasteiger partial charge on any atom is -0.316 e. The van der Waals surface area contributed by atoms with E-state index in [1.54, 1.807) is 0 Å². The van der Waals surface area contributed by atoms with Gasteiger partial charge in [-0.3, -0.25) is 10.8 Å². The van der Waals surface area contributed by atoms with E-state index in [-0.39, 0.29) is 0 Å². The highest BCUT2D eigenvalue weighted by atomic mass is 15.4. The van der Waals surface area contributed by atoms with E-state index in [4.69, 9.17) is 10.8 Å². The van der Waals surface area contributed by atoms with Gasteiger partial charge in [0, 0.05) is 49.8 Å². The second-order valence-corrected chi connectivity index (χ2v) is 12.5. The van der Waals surface area contributed by atoms with E-state index in [0.29, 0.717) is 11.9 Å². The Labute approximate surface area is 288 Å². The lowest BCUT2D eigenvalue weighted by atomic mass is 10.1. The SMILES string of the molecule is CCc1cccc(N(C)C(=N)N(CC)c2cccc3c2C=CC3)c1.CCc1cccc(N(C)C(=N)N(CC)c2cccc3c2CCC3)c1. The fourth-order valence-corrected chi connectivity index (χ4v) is 6.81. The van der Waals surface area contributed by atoms with Crippen molar-refractivity contribution in [3.05, 3.63) is 124 Å². The molecule has 0 bridgehead atoms. The van der Waals surface area contributed by atoms with Crippen molar-refractivity contribution in [2.45, 2.75) is 66.2 Å². The Bertz CT molecular complexity index is 1770. The van der Waals surface area contributed by atoms with Crippen molar-refractivity contribution in [2.24, 2.45) is 0 Å². The zero-order valence-corrected chi connectivity index (χ0v) is 29.7. The monoisotopic (exact) mass is 640 g/mol. The van der Waals surface area contributed by atoms with Gasteiger partial charge in [0.05, 0.1) is 5.69 Å². The van der Waals surface area contributed by atoms with E-state index in [1.165, 1.54) is 51.9 Å². The molecule has 0 fully saturated rings. The van der Waals surface area contributed by atoms with E-state index >= 15 is 0 Å². The number of fused-ring (bicyclic) bond motifs is 2. The fraction of sp³-hybridized carbons (Fsp3) is 0.333. The maximum absolute atomic E-state index is 8.77. The number of aryl methyl sites for hydroxylation is 3. The van der Waals surface area contributed by atoms with Crippen LogP contribution in [0.5, 0.6) is 0 Å². The van der Waals surface area contributed by atoms with Gasteiger partial charge in [-0.2, -0.15) is 0 Å². The van der Waals surface area contributed by atoms with E-state index < -0.39 is 0 Å². The largest absolute Gasteiger partial charge is 0.316 e. The lowest BCUT2D eigenvalue weighted by Crippen LogP contribution is -2.42. The second kappa shape index (κ2) is 15.8. The molecule has 0 unspecified atom stereocenters. The van der Waals surface area contributed by atoms with Gasteiger partial charge >= 0.3 is 0 Å². The van der Waals surface area contributed by atoms with Gasteiger partial charge in [0.1, 0.15) is 0 Å². The van der Waals surface area contributed by atoms with Crippen LogP contribution in [-0.2, 0) is 32.1 Å². The Morgan fingerprint density at radius 2 is 1.15 bits per heavy atom. The molecular formula is C42H52N6. The number of hydrogen-bond acceptors (Lipinski definition) is 2. The maximum Gasteiger partial charge on any atom is 0.202 e. The van der Waals surface area contributed by atoms with Crippen molar-refractivity contribution < 1.29 is 0 Å². The predicted octanol–water partition coefficient (Wildman–Crippen LogP) is 9.35. The van der Waals surface area contributed by atoms with Crippen LogP contribution in [0.2, 0.25) is 0 Å². The van der Waals surface area contributed by atoms with Gasteiger partial charge in [0.15, 0.2) is 0 Å². The van der Waals surface area contributed by atoms with Gasteiger partial charge in [-0.1, -0.05) is 74.5 Å². The molecule has 2 N–H and O–H groups in total. The van der Waals surface area contributed by atoms with Crippen molar-refractivity contribution in [2.75, 3.05) is 46.8 Å². The lowest BCUT2D eigenvalue weighted by molar-refractivity contribution is 0.907. The molecule has 2 aliphatic carbocycles. The topological polar surface area (TPSA) is 60.7 Å². The molecule has 0 aliphatic heterocycles. The first-order valence-corrected chi connectivity index (χ1v) is 17.6. The molecule has 6 rings (SSSR count). The summed E-state index contributed by atoms with van der Waals surface area (Å²) in [7, 11) is 3.96. The van der Waals surface area contributed by atoms with Crippen molar-refractivity contribution in [1.82, 2.24) is 0 Å². The Morgan fingerprint density at radius 1 is 0.625 bits per heavy atom. The molecule has 6 heteroatoms. The maximum atomic E-state index is 8.77. The zero-order valence-electron chi connectivity index (χ0n) is 29.7. The Morgan fingerprint density at radius 3 is 1.71 bits per heavy atom. The van der Waals surface area contributed by atoms with Crippen LogP contribution in [0.1, 0.15) is 67.5 Å². The lowest BCUT2D eigenvalue weighted by Gasteiger charge is -2.32. The Hall–Kier alpha value is -4.84. The summed E-state index contributed by atoms with van der Waals surface area (Å²) in [6, 6.07) is 29.8. The van der Waals surface area contributed by atoms with E-state index in [2.05, 4.69) is 135 Å². The fourth-order valence-electron chi connectivity index (χ4n) is 6.81. The van der Waals surface area contributed by atoms with Gasteiger partial charge in [0.2, 0.25) is 11.9 Å². The summed E-state index contributed by atoms with van der Waals surface area (Å²) in [5.41, 5.74) is 12.5. The van der Waals surface area contributed by atoms with Crippen LogP contribution >= 0.6 is 0 Å². The average Bonchev–Trinajstić information content (AvgIpc) is 3.83. The van der Waals surface area contributed by atoms with Crippen molar-refractivity contribution in [3.8, 4) is 0 Å². The zero-order chi connectivity index (χ0) is 34.2. The van der Waals surface area contributed by atoms with E-state index in [1.807, 2.05) is 23.9 Å². The summed E-state index contributed by atoms with van der Waals surface area (Å²) in [5, 5.41) is 17.5. The molecule has 0 amide bonds. The molecule has 0 spiro atoms. The van der Waals surface area contributed by atoms with Crippen LogP contribution in [0.4, 0.5) is 22.7 Å². The van der Waals surface area contributed by atoms with Gasteiger partial charge in [-0.15, -0.1) is 0 Å². The number of anilines is 4. The van der Waals surface area contributed by atoms with Crippen LogP contribution in [-0.4, -0.2) is 39.1 Å². The number of rotatable bonds is 8. The molecule has 0 radical (unpaired) electrons. The number of hydrogen-bond donors (Lipinski definition) is 2. The third-order valence-electron chi connectivity index (χ3n) is 9.69. The number of nitrogens with one attached hydrogen (secondary N) is 2. The molecule has 0 saturated carbocycles. The number of benzene rings is 4. The molecular weight excluding hydrogens is 589 g/mol. The van der Waals surface area contributed by atoms with Crippen molar-refractivity contribution >= 4 is 40.7 Å². The molecule has 6 nitrogen and oxygen atoms in total. The standard InChI is InChI=1S/C21H27N3.C21H25N3/c2*1-4-16-9-6-12-18(15-16)23(3)21(22)24(5-2)20-14-8-11-17-10-7-13-19(17)20/h6,8-9,11-12,14-15,22H,4-5,7,10,13H2,1-3H3;6-9,11-15,22H,4-5,10H2,1-3H3. The average molecular weight is 641 g/mol. The van der Waals surface area contributed by atoms with Gasteiger partial charge in [-0.25, -0.2) is 0 Å². The van der Waals surface area contributed by atoms with Crippen LogP contribution in [0.15, 0.2) is 91.0 Å². The highest BCUT2D eigenvalue weighted by molar-refractivity contribution is 6.06. The third kappa shape index (κ3) is 7.33. The van der Waals surface area contributed by atoms with Gasteiger partial charge in [0.25, 0.3) is 0 Å². The number of nitrogens with zero attached hydrogens (tertiary/aromatic N) is 4. The Balaban J connectivity index is 0.000000188. The summed E-state index contributed by atoms with van der Waals surface area (Å²) in [4.78, 5) is 8.15. The first kappa shape index (κ1) is 34.5. The molecule has 250 valence electrons. The normalized spacial score (nSPS) is 12.5. The smallest absolute Gasteiger partial charge is 0.202 e. The van der Waals surface area contributed by atoms with Crippen LogP contribution < -0.4 is 19.6 Å². The molecule has 48 heavy (non-hydrogen) atoms. The second-order valence-electron chi connectivity index (χ2n) is 12.5. The summed E-state index contributed by atoms with van der Waals surface area (Å²) in [5.74, 6) is 1.03. The van der Waals surface area contributed by atoms with E-state index in [0.717, 1.165) is 55.8 Å². The van der Waals surface area contributed by atoms with Crippen LogP contribution in [0.3, 0.4) is 0 Å². The molecule has 4 aromatic rings. The minimum atomic E-state index is 0.499. The first-order valence-electron chi connectivity index (χ1n) is 17.6. The molecule has 0 saturated heterocycles. The molecule has 2 aliphatic rings. The highest BCUT2D eigenvalue weighted by Gasteiger charge is 2.23. The summed E-state index contributed by atoms with van der Waals surface area (Å²) in [6.45, 7) is 10.1. The molecule has 0 heterocycles. The van der Waals surface area contributed by atoms with Crippen LogP contribution in [0.25, 0.3) is 6.08 Å². The van der Waals surface area contributed by atoms with Gasteiger partial charge in [-0.05, 0) is 117 Å². The molecule has 4 aromatic carbocycles. The summed E-state index contributed by atoms with van der Waals surface area (Å²) >= 11 is 0. The molecule has 0 aromatic heterocycles. The summed E-state index contributed by atoms with van der Waals surface area (Å²) < 4.78 is 0. The van der Waals surface area contributed by atoms with Crippen LogP contribution in [0, 0.1) is 10.8 Å². The minimum absolute atomic E-state index is 0.499. The van der Waals surface area contributed by atoms with Crippen molar-refractivity contribution in [1.29, 1.82) is 10.8 Å². The highest BCUT2D eigenvalue weighted by Crippen LogP contribution is 2.33. The van der Waals surface area contributed by atoms with Gasteiger partial charge < -0.3 is 19.6 Å². The first-order chi connectivity index (χ1) is 23.3. The third-order valence-corrected chi connectivity index (χ3v) is 9.69. The van der Waals surface area contributed by atoms with E-state index in [9.17, 15) is 0 Å². The quantitative estimate of drug-likeness (QED) is 0.149. The Kier molecular flexibility index (Phi) is 11.4. The summed E-state index contributed by atoms with van der Waals surface area (Å²) in [6.07, 6.45) is 10.9.